The second-order valence-corrected chi connectivity index (χ2v) is 8.88. The number of hydrogen-bond acceptors (Lipinski definition) is 6. The molecule has 0 amide bonds. The molecule has 0 saturated carbocycles. The molecule has 8 nitrogen and oxygen atoms in total. The zero-order valence-corrected chi connectivity index (χ0v) is 21.3. The molecule has 0 unspecified atom stereocenters. The van der Waals surface area contributed by atoms with Gasteiger partial charge in [-0.2, -0.15) is 9.61 Å². The highest BCUT2D eigenvalue weighted by Crippen LogP contribution is 2.41. The van der Waals surface area contributed by atoms with E-state index in [2.05, 4.69) is 11.1 Å². The Morgan fingerprint density at radius 3 is 2.16 bits per heavy atom. The predicted octanol–water partition coefficient (Wildman–Crippen LogP) is 5.73. The molecule has 0 atom stereocenters. The number of nitrogens with zero attached hydrogens (tertiary/aromatic N) is 5. The van der Waals surface area contributed by atoms with Crippen molar-refractivity contribution in [2.24, 2.45) is 7.05 Å². The lowest BCUT2D eigenvalue weighted by molar-refractivity contribution is 0.387. The lowest BCUT2D eigenvalue weighted by Crippen LogP contribution is -2.05. The molecule has 3 aromatic carbocycles. The van der Waals surface area contributed by atoms with Gasteiger partial charge in [-0.25, -0.2) is 9.97 Å². The van der Waals surface area contributed by atoms with Gasteiger partial charge in [0, 0.05) is 30.6 Å². The van der Waals surface area contributed by atoms with Crippen molar-refractivity contribution in [2.75, 3.05) is 20.0 Å². The van der Waals surface area contributed by atoms with Crippen LogP contribution in [0.5, 0.6) is 11.6 Å². The smallest absolute Gasteiger partial charge is 0.228 e. The van der Waals surface area contributed by atoms with Gasteiger partial charge < -0.3 is 19.8 Å². The zero-order chi connectivity index (χ0) is 26.2. The Kier molecular flexibility index (Phi) is 5.76. The van der Waals surface area contributed by atoms with Crippen molar-refractivity contribution >= 4 is 11.5 Å². The average Bonchev–Trinajstić information content (AvgIpc) is 3.56. The Morgan fingerprint density at radius 1 is 0.763 bits per heavy atom. The maximum atomic E-state index is 6.59. The number of anilines is 1. The number of nitrogens with two attached hydrogens (primary N) is 1. The van der Waals surface area contributed by atoms with Crippen LogP contribution in [-0.4, -0.2) is 38.4 Å². The van der Waals surface area contributed by atoms with Crippen LogP contribution in [0.15, 0.2) is 91.3 Å². The highest BCUT2D eigenvalue weighted by molar-refractivity contribution is 5.93. The van der Waals surface area contributed by atoms with Gasteiger partial charge in [0.1, 0.15) is 23.1 Å². The summed E-state index contributed by atoms with van der Waals surface area (Å²) in [5.41, 5.74) is 13.3. The summed E-state index contributed by atoms with van der Waals surface area (Å²) in [5, 5.41) is 5.06. The third-order valence-corrected chi connectivity index (χ3v) is 6.60. The first-order valence-electron chi connectivity index (χ1n) is 12.1. The molecule has 8 heteroatoms. The quantitative estimate of drug-likeness (QED) is 0.313. The molecule has 38 heavy (non-hydrogen) atoms. The van der Waals surface area contributed by atoms with Crippen LogP contribution in [0, 0.1) is 0 Å². The molecule has 3 heterocycles. The van der Waals surface area contributed by atoms with Crippen molar-refractivity contribution in [3.63, 3.8) is 0 Å². The fourth-order valence-corrected chi connectivity index (χ4v) is 4.78. The van der Waals surface area contributed by atoms with E-state index in [1.165, 1.54) is 0 Å². The van der Waals surface area contributed by atoms with Crippen molar-refractivity contribution in [1.29, 1.82) is 0 Å². The first kappa shape index (κ1) is 23.3. The highest BCUT2D eigenvalue weighted by atomic mass is 16.5. The number of aryl methyl sites for hydroxylation is 1. The van der Waals surface area contributed by atoms with Crippen molar-refractivity contribution in [3.8, 4) is 56.5 Å². The molecule has 0 aliphatic carbocycles. The fraction of sp³-hybridized carbons (Fsp3) is 0.100. The van der Waals surface area contributed by atoms with Crippen LogP contribution in [0.25, 0.3) is 50.5 Å². The number of benzene rings is 3. The molecular weight excluding hydrogens is 476 g/mol. The minimum Gasteiger partial charge on any atom is -0.497 e. The molecule has 6 aromatic rings. The number of methoxy groups -OCH3 is 2. The van der Waals surface area contributed by atoms with Gasteiger partial charge >= 0.3 is 0 Å². The second-order valence-electron chi connectivity index (χ2n) is 8.88. The topological polar surface area (TPSA) is 92.5 Å². The predicted molar refractivity (Wildman–Crippen MR) is 149 cm³/mol. The Labute approximate surface area is 219 Å². The molecule has 0 aliphatic heterocycles. The van der Waals surface area contributed by atoms with E-state index in [4.69, 9.17) is 25.3 Å². The number of imidazole rings is 1. The maximum absolute atomic E-state index is 6.59. The lowest BCUT2D eigenvalue weighted by atomic mass is 9.99. The number of rotatable bonds is 6. The standard InChI is InChI=1S/C30H26N6O2/c1-35-17-16-32-28(35)22-11-7-10-21(18-22)26-24(19-8-5-4-6-9-19)29-33-27(31)25(30(38-3)36(29)34-26)20-12-14-23(37-2)15-13-20/h4-18H,1-3H3,(H2,31,33). The summed E-state index contributed by atoms with van der Waals surface area (Å²) < 4.78 is 15.0. The third-order valence-electron chi connectivity index (χ3n) is 6.60. The summed E-state index contributed by atoms with van der Waals surface area (Å²) in [6.07, 6.45) is 3.72. The van der Waals surface area contributed by atoms with E-state index in [1.54, 1.807) is 24.9 Å². The Hall–Kier alpha value is -5.11. The van der Waals surface area contributed by atoms with Gasteiger partial charge in [-0.1, -0.05) is 60.7 Å². The molecule has 2 N–H and O–H groups in total. The first-order valence-corrected chi connectivity index (χ1v) is 12.1. The normalized spacial score (nSPS) is 11.1. The zero-order valence-electron chi connectivity index (χ0n) is 21.3. The minimum absolute atomic E-state index is 0.352. The van der Waals surface area contributed by atoms with Crippen molar-refractivity contribution in [1.82, 2.24) is 24.1 Å². The molecule has 3 aromatic heterocycles. The molecule has 6 rings (SSSR count). The number of aromatic nitrogens is 5. The molecule has 0 radical (unpaired) electrons. The van der Waals surface area contributed by atoms with Gasteiger partial charge in [-0.05, 0) is 29.3 Å². The SMILES string of the molecule is COc1ccc(-c2c(N)nc3c(-c4ccccc4)c(-c4cccc(-c5nccn5C)c4)nn3c2OC)cc1. The largest absolute Gasteiger partial charge is 0.497 e. The molecule has 0 saturated heterocycles. The molecule has 0 spiro atoms. The first-order chi connectivity index (χ1) is 18.6. The maximum Gasteiger partial charge on any atom is 0.228 e. The van der Waals surface area contributed by atoms with E-state index in [1.807, 2.05) is 90.6 Å². The summed E-state index contributed by atoms with van der Waals surface area (Å²) in [4.78, 5) is 9.38. The monoisotopic (exact) mass is 502 g/mol. The highest BCUT2D eigenvalue weighted by Gasteiger charge is 2.24. The number of nitrogen functional groups attached to an aromatic ring is 1. The number of fused-ring (bicyclic) bond motifs is 1. The molecule has 0 fully saturated rings. The van der Waals surface area contributed by atoms with Gasteiger partial charge in [0.05, 0.1) is 25.3 Å². The van der Waals surface area contributed by atoms with Crippen LogP contribution in [-0.2, 0) is 7.05 Å². The van der Waals surface area contributed by atoms with Crippen LogP contribution in [0.2, 0.25) is 0 Å². The summed E-state index contributed by atoms with van der Waals surface area (Å²) >= 11 is 0. The van der Waals surface area contributed by atoms with Crippen LogP contribution < -0.4 is 15.2 Å². The van der Waals surface area contributed by atoms with Gasteiger partial charge in [-0.3, -0.25) is 0 Å². The van der Waals surface area contributed by atoms with E-state index in [9.17, 15) is 0 Å². The third kappa shape index (κ3) is 3.83. The van der Waals surface area contributed by atoms with Crippen LogP contribution in [0.3, 0.4) is 0 Å². The lowest BCUT2D eigenvalue weighted by Gasteiger charge is -2.13. The number of ether oxygens (including phenoxy) is 2. The minimum atomic E-state index is 0.352. The summed E-state index contributed by atoms with van der Waals surface area (Å²) in [6, 6.07) is 25.9. The molecule has 188 valence electrons. The fourth-order valence-electron chi connectivity index (χ4n) is 4.78. The summed E-state index contributed by atoms with van der Waals surface area (Å²) in [5.74, 6) is 2.48. The van der Waals surface area contributed by atoms with Crippen LogP contribution >= 0.6 is 0 Å². The van der Waals surface area contributed by atoms with E-state index in [0.717, 1.165) is 45.1 Å². The van der Waals surface area contributed by atoms with E-state index in [-0.39, 0.29) is 0 Å². The Balaban J connectivity index is 1.63. The Morgan fingerprint density at radius 2 is 1.47 bits per heavy atom. The van der Waals surface area contributed by atoms with Crippen LogP contribution in [0.1, 0.15) is 0 Å². The van der Waals surface area contributed by atoms with Crippen LogP contribution in [0.4, 0.5) is 5.82 Å². The molecular formula is C30H26N6O2. The van der Waals surface area contributed by atoms with Gasteiger partial charge in [0.25, 0.3) is 0 Å². The van der Waals surface area contributed by atoms with E-state index in [0.29, 0.717) is 22.9 Å². The van der Waals surface area contributed by atoms with E-state index >= 15 is 0 Å². The van der Waals surface area contributed by atoms with Crippen molar-refractivity contribution in [3.05, 3.63) is 91.3 Å². The van der Waals surface area contributed by atoms with Crippen molar-refractivity contribution < 1.29 is 9.47 Å². The van der Waals surface area contributed by atoms with E-state index < -0.39 is 0 Å². The van der Waals surface area contributed by atoms with Gasteiger partial charge in [0.15, 0.2) is 5.65 Å². The average molecular weight is 503 g/mol. The summed E-state index contributed by atoms with van der Waals surface area (Å²) in [6.45, 7) is 0. The second kappa shape index (κ2) is 9.40. The molecule has 0 aliphatic rings. The molecule has 0 bridgehead atoms. The van der Waals surface area contributed by atoms with Crippen molar-refractivity contribution in [2.45, 2.75) is 0 Å². The number of hydrogen-bond donors (Lipinski definition) is 1. The van der Waals surface area contributed by atoms with Gasteiger partial charge in [-0.15, -0.1) is 0 Å². The Bertz CT molecular complexity index is 1750. The van der Waals surface area contributed by atoms with Gasteiger partial charge in [0.2, 0.25) is 5.88 Å². The summed E-state index contributed by atoms with van der Waals surface area (Å²) in [7, 11) is 5.23.